The molecule has 0 bridgehead atoms. The van der Waals surface area contributed by atoms with Gasteiger partial charge in [0.2, 0.25) is 0 Å². The van der Waals surface area contributed by atoms with Crippen LogP contribution in [0.15, 0.2) is 0 Å². The molecular formula is C21H43NO4S. The zero-order valence-electron chi connectivity index (χ0n) is 17.8. The predicted molar refractivity (Wildman–Crippen MR) is 116 cm³/mol. The molecule has 0 saturated carbocycles. The first kappa shape index (κ1) is 26.7. The van der Waals surface area contributed by atoms with Gasteiger partial charge in [-0.05, 0) is 25.8 Å². The van der Waals surface area contributed by atoms with E-state index in [1.165, 1.54) is 25.7 Å². The van der Waals surface area contributed by atoms with Gasteiger partial charge in [-0.25, -0.2) is 0 Å². The molecule has 27 heavy (non-hydrogen) atoms. The molecule has 0 amide bonds. The van der Waals surface area contributed by atoms with Gasteiger partial charge < -0.3 is 19.9 Å². The van der Waals surface area contributed by atoms with E-state index in [0.717, 1.165) is 57.6 Å². The average Bonchev–Trinajstić information content (AvgIpc) is 2.66. The number of hydrogen-bond acceptors (Lipinski definition) is 5. The van der Waals surface area contributed by atoms with Gasteiger partial charge in [0.25, 0.3) is 0 Å². The Morgan fingerprint density at radius 3 is 2.19 bits per heavy atom. The first-order valence-electron chi connectivity index (χ1n) is 10.9. The lowest BCUT2D eigenvalue weighted by Gasteiger charge is -2.20. The van der Waals surface area contributed by atoms with Gasteiger partial charge >= 0.3 is 5.97 Å². The highest BCUT2D eigenvalue weighted by atomic mass is 32.2. The van der Waals surface area contributed by atoms with Crippen LogP contribution in [0, 0.1) is 0 Å². The molecule has 0 fully saturated rings. The van der Waals surface area contributed by atoms with Crippen LogP contribution in [0.3, 0.4) is 0 Å². The van der Waals surface area contributed by atoms with Gasteiger partial charge in [-0.3, -0.25) is 4.79 Å². The van der Waals surface area contributed by atoms with E-state index in [4.69, 9.17) is 9.47 Å². The predicted octanol–water partition coefficient (Wildman–Crippen LogP) is 4.73. The number of carbonyl (C=O) groups is 1. The van der Waals surface area contributed by atoms with Crippen molar-refractivity contribution in [1.29, 1.82) is 0 Å². The van der Waals surface area contributed by atoms with Crippen molar-refractivity contribution in [2.75, 3.05) is 37.9 Å². The van der Waals surface area contributed by atoms with Crippen molar-refractivity contribution in [1.82, 2.24) is 5.32 Å². The molecule has 0 aromatic carbocycles. The Hall–Kier alpha value is -0.300. The van der Waals surface area contributed by atoms with Gasteiger partial charge in [-0.1, -0.05) is 59.3 Å². The largest absolute Gasteiger partial charge is 0.480 e. The van der Waals surface area contributed by atoms with Crippen molar-refractivity contribution in [3.63, 3.8) is 0 Å². The van der Waals surface area contributed by atoms with Crippen LogP contribution < -0.4 is 5.32 Å². The highest BCUT2D eigenvalue weighted by molar-refractivity contribution is 7.99. The topological polar surface area (TPSA) is 67.8 Å². The number of unbranched alkanes of at least 4 members (excludes halogenated alkanes) is 6. The van der Waals surface area contributed by atoms with Gasteiger partial charge in [0.1, 0.15) is 6.04 Å². The normalized spacial score (nSPS) is 13.6. The van der Waals surface area contributed by atoms with Crippen molar-refractivity contribution in [2.45, 2.75) is 90.7 Å². The van der Waals surface area contributed by atoms with E-state index < -0.39 is 12.0 Å². The summed E-state index contributed by atoms with van der Waals surface area (Å²) < 4.78 is 11.8. The smallest absolute Gasteiger partial charge is 0.321 e. The van der Waals surface area contributed by atoms with E-state index in [1.54, 1.807) is 11.8 Å². The Kier molecular flexibility index (Phi) is 20.2. The van der Waals surface area contributed by atoms with E-state index >= 15 is 0 Å². The summed E-state index contributed by atoms with van der Waals surface area (Å²) in [7, 11) is 0. The minimum Gasteiger partial charge on any atom is -0.480 e. The lowest BCUT2D eigenvalue weighted by atomic mass is 10.2. The molecule has 0 radical (unpaired) electrons. The standard InChI is InChI=1S/C21H43NO4S/c1-4-7-10-13-22-20(21(23)24)18-27-17-19(26-15-12-9-6-3)16-25-14-11-8-5-2/h19-20,22H,4-18H2,1-3H3,(H,23,24)/t19?,20-/m0/s1. The number of hydrogen-bond donors (Lipinski definition) is 2. The van der Waals surface area contributed by atoms with Crippen molar-refractivity contribution in [3.05, 3.63) is 0 Å². The molecule has 0 aliphatic heterocycles. The Morgan fingerprint density at radius 2 is 1.56 bits per heavy atom. The number of rotatable bonds is 21. The Balaban J connectivity index is 4.16. The van der Waals surface area contributed by atoms with Crippen molar-refractivity contribution in [3.8, 4) is 0 Å². The van der Waals surface area contributed by atoms with Gasteiger partial charge in [0, 0.05) is 24.7 Å². The van der Waals surface area contributed by atoms with Crippen LogP contribution in [-0.2, 0) is 14.3 Å². The van der Waals surface area contributed by atoms with Crippen molar-refractivity contribution >= 4 is 17.7 Å². The molecule has 6 heteroatoms. The van der Waals surface area contributed by atoms with Gasteiger partial charge in [-0.15, -0.1) is 0 Å². The summed E-state index contributed by atoms with van der Waals surface area (Å²) in [5, 5.41) is 12.5. The van der Waals surface area contributed by atoms with Crippen LogP contribution in [0.25, 0.3) is 0 Å². The monoisotopic (exact) mass is 405 g/mol. The number of ether oxygens (including phenoxy) is 2. The second-order valence-corrected chi connectivity index (χ2v) is 8.15. The third-order valence-electron chi connectivity index (χ3n) is 4.35. The first-order chi connectivity index (χ1) is 13.2. The van der Waals surface area contributed by atoms with Crippen LogP contribution >= 0.6 is 11.8 Å². The second-order valence-electron chi connectivity index (χ2n) is 7.07. The lowest BCUT2D eigenvalue weighted by Crippen LogP contribution is -2.39. The third-order valence-corrected chi connectivity index (χ3v) is 5.53. The van der Waals surface area contributed by atoms with Crippen LogP contribution in [-0.4, -0.2) is 61.1 Å². The molecule has 5 nitrogen and oxygen atoms in total. The molecule has 0 aromatic heterocycles. The highest BCUT2D eigenvalue weighted by Gasteiger charge is 2.18. The van der Waals surface area contributed by atoms with Gasteiger partial charge in [0.15, 0.2) is 0 Å². The number of nitrogens with one attached hydrogen (secondary N) is 1. The van der Waals surface area contributed by atoms with E-state index in [0.29, 0.717) is 12.4 Å². The fourth-order valence-corrected chi connectivity index (χ4v) is 3.69. The number of carboxylic acid groups (broad SMARTS) is 1. The summed E-state index contributed by atoms with van der Waals surface area (Å²) in [5.74, 6) is 0.571. The van der Waals surface area contributed by atoms with Crippen LogP contribution in [0.4, 0.5) is 0 Å². The Morgan fingerprint density at radius 1 is 0.926 bits per heavy atom. The first-order valence-corrected chi connectivity index (χ1v) is 12.0. The summed E-state index contributed by atoms with van der Waals surface area (Å²) in [4.78, 5) is 11.4. The SMILES string of the molecule is CCCCCN[C@@H](CSCC(COCCCCC)OCCCCC)C(=O)O. The maximum atomic E-state index is 11.4. The molecule has 0 heterocycles. The van der Waals surface area contributed by atoms with E-state index in [-0.39, 0.29) is 6.10 Å². The number of aliphatic carboxylic acids is 1. The van der Waals surface area contributed by atoms with E-state index in [1.807, 2.05) is 0 Å². The molecule has 162 valence electrons. The summed E-state index contributed by atoms with van der Waals surface area (Å²) >= 11 is 1.65. The second kappa shape index (κ2) is 20.4. The maximum Gasteiger partial charge on any atom is 0.321 e. The molecule has 2 atom stereocenters. The molecule has 0 saturated heterocycles. The van der Waals surface area contributed by atoms with Crippen molar-refractivity contribution in [2.24, 2.45) is 0 Å². The van der Waals surface area contributed by atoms with Crippen LogP contribution in [0.2, 0.25) is 0 Å². The summed E-state index contributed by atoms with van der Waals surface area (Å²) in [6.45, 7) is 9.43. The van der Waals surface area contributed by atoms with E-state index in [2.05, 4.69) is 26.1 Å². The Bertz CT molecular complexity index is 331. The molecular weight excluding hydrogens is 362 g/mol. The maximum absolute atomic E-state index is 11.4. The summed E-state index contributed by atoms with van der Waals surface area (Å²) in [6, 6.07) is -0.488. The minimum atomic E-state index is -0.768. The molecule has 2 N–H and O–H groups in total. The Labute approximate surface area is 171 Å². The fraction of sp³-hybridized carbons (Fsp3) is 0.952. The molecule has 0 rings (SSSR count). The molecule has 0 aliphatic carbocycles. The van der Waals surface area contributed by atoms with E-state index in [9.17, 15) is 9.90 Å². The quantitative estimate of drug-likeness (QED) is 0.269. The van der Waals surface area contributed by atoms with Gasteiger partial charge in [0.05, 0.1) is 12.7 Å². The molecule has 1 unspecified atom stereocenters. The van der Waals surface area contributed by atoms with Crippen LogP contribution in [0.1, 0.15) is 78.6 Å². The minimum absolute atomic E-state index is 0.0445. The number of thioether (sulfide) groups is 1. The zero-order chi connectivity index (χ0) is 20.2. The van der Waals surface area contributed by atoms with Crippen LogP contribution in [0.5, 0.6) is 0 Å². The molecule has 0 spiro atoms. The average molecular weight is 406 g/mol. The number of carboxylic acids is 1. The fourth-order valence-electron chi connectivity index (χ4n) is 2.60. The van der Waals surface area contributed by atoms with Crippen molar-refractivity contribution < 1.29 is 19.4 Å². The molecule has 0 aromatic rings. The third kappa shape index (κ3) is 17.5. The molecule has 0 aliphatic rings. The highest BCUT2D eigenvalue weighted by Crippen LogP contribution is 2.11. The van der Waals surface area contributed by atoms with Gasteiger partial charge in [-0.2, -0.15) is 11.8 Å². The summed E-state index contributed by atoms with van der Waals surface area (Å²) in [6.07, 6.45) is 10.3. The lowest BCUT2D eigenvalue weighted by molar-refractivity contribution is -0.138. The zero-order valence-corrected chi connectivity index (χ0v) is 18.7. The summed E-state index contributed by atoms with van der Waals surface area (Å²) in [5.41, 5.74) is 0.